The quantitative estimate of drug-likeness (QED) is 0.363. The second-order valence-corrected chi connectivity index (χ2v) is 8.55. The molecular formula is C20H38N4O4. The smallest absolute Gasteiger partial charge is 0.410 e. The number of nitrogens with zero attached hydrogens (tertiary/aromatic N) is 3. The van der Waals surface area contributed by atoms with Crippen LogP contribution < -0.4 is 5.32 Å². The predicted molar refractivity (Wildman–Crippen MR) is 110 cm³/mol. The Morgan fingerprint density at radius 1 is 1.25 bits per heavy atom. The van der Waals surface area contributed by atoms with Crippen LogP contribution in [0.25, 0.3) is 0 Å². The number of rotatable bonds is 9. The van der Waals surface area contributed by atoms with Crippen molar-refractivity contribution in [2.45, 2.75) is 51.7 Å². The minimum Gasteiger partial charge on any atom is -0.444 e. The largest absolute Gasteiger partial charge is 0.444 e. The number of hydrogen-bond acceptors (Lipinski definition) is 5. The number of carbonyl (C=O) groups is 1. The van der Waals surface area contributed by atoms with Crippen molar-refractivity contribution in [2.24, 2.45) is 10.9 Å². The van der Waals surface area contributed by atoms with Crippen molar-refractivity contribution in [3.8, 4) is 0 Å². The predicted octanol–water partition coefficient (Wildman–Crippen LogP) is 1.95. The molecule has 8 nitrogen and oxygen atoms in total. The molecule has 0 spiro atoms. The average Bonchev–Trinajstić information content (AvgIpc) is 3.35. The molecule has 1 saturated heterocycles. The Kier molecular flexibility index (Phi) is 8.82. The van der Waals surface area contributed by atoms with E-state index in [1.54, 1.807) is 14.2 Å². The number of hydrogen-bond donors (Lipinski definition) is 1. The third-order valence-corrected chi connectivity index (χ3v) is 4.83. The first-order valence-electron chi connectivity index (χ1n) is 10.4. The van der Waals surface area contributed by atoms with Crippen molar-refractivity contribution in [2.75, 3.05) is 60.2 Å². The molecule has 2 fully saturated rings. The highest BCUT2D eigenvalue weighted by molar-refractivity contribution is 5.80. The second-order valence-electron chi connectivity index (χ2n) is 8.55. The van der Waals surface area contributed by atoms with Crippen LogP contribution in [0.5, 0.6) is 0 Å². The minimum absolute atomic E-state index is 0.221. The number of likely N-dealkylation sites (tertiary alicyclic amines) is 1. The molecule has 0 bridgehead atoms. The number of aliphatic imine (C=N–C) groups is 1. The lowest BCUT2D eigenvalue weighted by Crippen LogP contribution is -2.46. The molecule has 0 aromatic rings. The number of amides is 1. The van der Waals surface area contributed by atoms with Crippen LogP contribution in [0.1, 0.15) is 40.0 Å². The van der Waals surface area contributed by atoms with Crippen LogP contribution in [0.3, 0.4) is 0 Å². The van der Waals surface area contributed by atoms with Crippen molar-refractivity contribution < 1.29 is 19.0 Å². The van der Waals surface area contributed by atoms with Crippen LogP contribution in [0.2, 0.25) is 0 Å². The normalized spacial score (nSPS) is 20.4. The molecule has 0 aromatic carbocycles. The molecule has 2 rings (SSSR count). The Bertz CT molecular complexity index is 517. The van der Waals surface area contributed by atoms with Crippen molar-refractivity contribution in [3.63, 3.8) is 0 Å². The maximum Gasteiger partial charge on any atom is 0.410 e. The lowest BCUT2D eigenvalue weighted by Gasteiger charge is -2.28. The molecule has 1 unspecified atom stereocenters. The molecule has 0 radical (unpaired) electrons. The number of ether oxygens (including phenoxy) is 3. The number of nitrogens with one attached hydrogen (secondary N) is 1. The molecule has 1 N–H and O–H groups in total. The molecule has 1 saturated carbocycles. The summed E-state index contributed by atoms with van der Waals surface area (Å²) in [5.41, 5.74) is -0.469. The van der Waals surface area contributed by atoms with Gasteiger partial charge in [-0.15, -0.1) is 0 Å². The van der Waals surface area contributed by atoms with E-state index in [1.807, 2.05) is 25.7 Å². The van der Waals surface area contributed by atoms with Gasteiger partial charge in [-0.2, -0.15) is 0 Å². The molecule has 28 heavy (non-hydrogen) atoms. The summed E-state index contributed by atoms with van der Waals surface area (Å²) >= 11 is 0. The fraction of sp³-hybridized carbons (Fsp3) is 0.900. The first kappa shape index (κ1) is 22.7. The maximum absolute atomic E-state index is 12.4. The van der Waals surface area contributed by atoms with Crippen molar-refractivity contribution in [1.82, 2.24) is 15.1 Å². The third kappa shape index (κ3) is 7.83. The van der Waals surface area contributed by atoms with Gasteiger partial charge in [0, 0.05) is 52.3 Å². The summed E-state index contributed by atoms with van der Waals surface area (Å²) in [6.07, 6.45) is 3.00. The Labute approximate surface area is 169 Å². The van der Waals surface area contributed by atoms with Gasteiger partial charge >= 0.3 is 6.09 Å². The topological polar surface area (TPSA) is 75.6 Å². The fourth-order valence-electron chi connectivity index (χ4n) is 3.30. The summed E-state index contributed by atoms with van der Waals surface area (Å²) in [5.74, 6) is 1.40. The molecule has 1 aliphatic carbocycles. The minimum atomic E-state index is -0.469. The van der Waals surface area contributed by atoms with E-state index >= 15 is 0 Å². The van der Waals surface area contributed by atoms with Crippen LogP contribution in [0, 0.1) is 5.92 Å². The molecule has 1 aliphatic heterocycles. The van der Waals surface area contributed by atoms with E-state index in [1.165, 1.54) is 0 Å². The van der Waals surface area contributed by atoms with Gasteiger partial charge in [-0.25, -0.2) is 4.79 Å². The van der Waals surface area contributed by atoms with Crippen LogP contribution in [-0.4, -0.2) is 93.7 Å². The van der Waals surface area contributed by atoms with Gasteiger partial charge in [0.05, 0.1) is 19.8 Å². The zero-order valence-corrected chi connectivity index (χ0v) is 18.2. The molecule has 1 atom stereocenters. The van der Waals surface area contributed by atoms with E-state index in [2.05, 4.69) is 15.2 Å². The van der Waals surface area contributed by atoms with Gasteiger partial charge in [0.15, 0.2) is 5.96 Å². The molecule has 162 valence electrons. The molecule has 0 aromatic heterocycles. The van der Waals surface area contributed by atoms with E-state index in [9.17, 15) is 4.79 Å². The van der Waals surface area contributed by atoms with E-state index < -0.39 is 5.60 Å². The molecule has 2 aliphatic rings. The van der Waals surface area contributed by atoms with Crippen LogP contribution in [-0.2, 0) is 14.2 Å². The summed E-state index contributed by atoms with van der Waals surface area (Å²) in [6.45, 7) is 10.9. The lowest BCUT2D eigenvalue weighted by atomic mass is 10.1. The molecule has 1 amide bonds. The number of guanidine groups is 1. The Balaban J connectivity index is 1.73. The zero-order valence-electron chi connectivity index (χ0n) is 18.2. The van der Waals surface area contributed by atoms with E-state index in [0.29, 0.717) is 38.3 Å². The standard InChI is InChI=1S/C20H38N4O4/c1-20(2,3)28-19(25)24(17-6-7-17)11-9-22-18(21-4)23-10-8-16(14-23)15-27-13-12-26-5/h16-17H,6-15H2,1-5H3,(H,21,22). The summed E-state index contributed by atoms with van der Waals surface area (Å²) in [7, 11) is 3.49. The Morgan fingerprint density at radius 3 is 2.61 bits per heavy atom. The molecule has 1 heterocycles. The van der Waals surface area contributed by atoms with Gasteiger partial charge in [-0.05, 0) is 40.0 Å². The van der Waals surface area contributed by atoms with Gasteiger partial charge in [-0.1, -0.05) is 0 Å². The lowest BCUT2D eigenvalue weighted by molar-refractivity contribution is 0.0237. The van der Waals surface area contributed by atoms with Gasteiger partial charge in [0.25, 0.3) is 0 Å². The highest BCUT2D eigenvalue weighted by atomic mass is 16.6. The highest BCUT2D eigenvalue weighted by Gasteiger charge is 2.35. The zero-order chi connectivity index (χ0) is 20.6. The first-order chi connectivity index (χ1) is 13.3. The number of methoxy groups -OCH3 is 1. The SMILES string of the molecule is CN=C(NCCN(C(=O)OC(C)(C)C)C1CC1)N1CCC(COCCOC)C1. The van der Waals surface area contributed by atoms with Crippen molar-refractivity contribution >= 4 is 12.1 Å². The Hall–Kier alpha value is -1.54. The van der Waals surface area contributed by atoms with E-state index in [-0.39, 0.29) is 6.09 Å². The summed E-state index contributed by atoms with van der Waals surface area (Å²) < 4.78 is 16.2. The second kappa shape index (κ2) is 10.9. The Morgan fingerprint density at radius 2 is 2.00 bits per heavy atom. The summed E-state index contributed by atoms with van der Waals surface area (Å²) in [5, 5.41) is 3.40. The van der Waals surface area contributed by atoms with E-state index in [0.717, 1.165) is 44.9 Å². The first-order valence-corrected chi connectivity index (χ1v) is 10.4. The molecular weight excluding hydrogens is 360 g/mol. The van der Waals surface area contributed by atoms with Crippen LogP contribution in [0.4, 0.5) is 4.79 Å². The van der Waals surface area contributed by atoms with Gasteiger partial charge in [0.2, 0.25) is 0 Å². The summed E-state index contributed by atoms with van der Waals surface area (Å²) in [4.78, 5) is 21.0. The number of carbonyl (C=O) groups excluding carboxylic acids is 1. The monoisotopic (exact) mass is 398 g/mol. The highest BCUT2D eigenvalue weighted by Crippen LogP contribution is 2.28. The van der Waals surface area contributed by atoms with Crippen molar-refractivity contribution in [1.29, 1.82) is 0 Å². The van der Waals surface area contributed by atoms with E-state index in [4.69, 9.17) is 14.2 Å². The maximum atomic E-state index is 12.4. The van der Waals surface area contributed by atoms with Crippen LogP contribution >= 0.6 is 0 Å². The van der Waals surface area contributed by atoms with Crippen LogP contribution in [0.15, 0.2) is 4.99 Å². The third-order valence-electron chi connectivity index (χ3n) is 4.83. The molecule has 8 heteroatoms. The fourth-order valence-corrected chi connectivity index (χ4v) is 3.30. The van der Waals surface area contributed by atoms with Crippen molar-refractivity contribution in [3.05, 3.63) is 0 Å². The van der Waals surface area contributed by atoms with Gasteiger partial charge in [0.1, 0.15) is 5.60 Å². The average molecular weight is 399 g/mol. The van der Waals surface area contributed by atoms with Gasteiger partial charge in [-0.3, -0.25) is 4.99 Å². The summed E-state index contributed by atoms with van der Waals surface area (Å²) in [6, 6.07) is 0.319. The van der Waals surface area contributed by atoms with Gasteiger partial charge < -0.3 is 29.3 Å².